The van der Waals surface area contributed by atoms with E-state index in [0.717, 1.165) is 28.4 Å². The number of anilines is 2. The molecule has 9 heteroatoms. The lowest BCUT2D eigenvalue weighted by Crippen LogP contribution is -2.36. The van der Waals surface area contributed by atoms with Gasteiger partial charge >= 0.3 is 0 Å². The number of benzene rings is 2. The highest BCUT2D eigenvalue weighted by molar-refractivity contribution is 7.22. The average molecular weight is 398 g/mol. The SMILES string of the molecule is Cc1cccc(C(=O)Nc2ccc3nc(N4CCOCC4)sc3c2)c1[N+](=O)[O-]. The molecule has 1 amide bonds. The Morgan fingerprint density at radius 1 is 1.29 bits per heavy atom. The predicted molar refractivity (Wildman–Crippen MR) is 108 cm³/mol. The summed E-state index contributed by atoms with van der Waals surface area (Å²) in [5.41, 5.74) is 1.75. The van der Waals surface area contributed by atoms with Crippen LogP contribution in [0.2, 0.25) is 0 Å². The molecule has 1 saturated heterocycles. The Labute approximate surface area is 164 Å². The second-order valence-electron chi connectivity index (χ2n) is 6.46. The minimum absolute atomic E-state index is 0.0448. The van der Waals surface area contributed by atoms with Gasteiger partial charge in [-0.2, -0.15) is 0 Å². The van der Waals surface area contributed by atoms with Crippen molar-refractivity contribution in [3.05, 3.63) is 57.6 Å². The van der Waals surface area contributed by atoms with Crippen molar-refractivity contribution in [3.8, 4) is 0 Å². The Morgan fingerprint density at radius 3 is 2.82 bits per heavy atom. The first-order valence-electron chi connectivity index (χ1n) is 8.81. The van der Waals surface area contributed by atoms with E-state index in [-0.39, 0.29) is 11.3 Å². The van der Waals surface area contributed by atoms with Crippen LogP contribution in [-0.2, 0) is 4.74 Å². The molecule has 0 saturated carbocycles. The minimum Gasteiger partial charge on any atom is -0.378 e. The first-order valence-corrected chi connectivity index (χ1v) is 9.63. The van der Waals surface area contributed by atoms with E-state index in [9.17, 15) is 14.9 Å². The van der Waals surface area contributed by atoms with E-state index >= 15 is 0 Å². The lowest BCUT2D eigenvalue weighted by molar-refractivity contribution is -0.385. The highest BCUT2D eigenvalue weighted by atomic mass is 32.1. The normalized spacial score (nSPS) is 14.2. The predicted octanol–water partition coefficient (Wildman–Crippen LogP) is 3.60. The Kier molecular flexibility index (Phi) is 4.93. The smallest absolute Gasteiger partial charge is 0.285 e. The van der Waals surface area contributed by atoms with Gasteiger partial charge in [0, 0.05) is 24.3 Å². The number of nitro groups is 1. The van der Waals surface area contributed by atoms with Crippen LogP contribution in [0.3, 0.4) is 0 Å². The Morgan fingerprint density at radius 2 is 2.07 bits per heavy atom. The van der Waals surface area contributed by atoms with E-state index < -0.39 is 10.8 Å². The third-order valence-corrected chi connectivity index (χ3v) is 5.66. The number of thiazole rings is 1. The fourth-order valence-electron chi connectivity index (χ4n) is 3.16. The third kappa shape index (κ3) is 3.54. The molecule has 8 nitrogen and oxygen atoms in total. The number of nitrogens with zero attached hydrogens (tertiary/aromatic N) is 3. The van der Waals surface area contributed by atoms with Crippen molar-refractivity contribution in [2.75, 3.05) is 36.5 Å². The summed E-state index contributed by atoms with van der Waals surface area (Å²) in [4.78, 5) is 30.3. The van der Waals surface area contributed by atoms with Gasteiger partial charge in [0.15, 0.2) is 5.13 Å². The number of hydrogen-bond acceptors (Lipinski definition) is 7. The molecule has 1 aliphatic heterocycles. The Bertz CT molecular complexity index is 1060. The molecule has 3 aromatic rings. The van der Waals surface area contributed by atoms with Crippen molar-refractivity contribution in [3.63, 3.8) is 0 Å². The van der Waals surface area contributed by atoms with Crippen molar-refractivity contribution in [1.82, 2.24) is 4.98 Å². The Balaban J connectivity index is 1.59. The van der Waals surface area contributed by atoms with Gasteiger partial charge in [0.2, 0.25) is 0 Å². The molecule has 144 valence electrons. The maximum atomic E-state index is 12.6. The second kappa shape index (κ2) is 7.53. The van der Waals surface area contributed by atoms with Crippen molar-refractivity contribution in [2.45, 2.75) is 6.92 Å². The van der Waals surface area contributed by atoms with Gasteiger partial charge in [-0.3, -0.25) is 14.9 Å². The van der Waals surface area contributed by atoms with E-state index in [1.165, 1.54) is 6.07 Å². The number of fused-ring (bicyclic) bond motifs is 1. The van der Waals surface area contributed by atoms with E-state index in [1.807, 2.05) is 12.1 Å². The number of para-hydroxylation sites is 1. The molecule has 1 fully saturated rings. The largest absolute Gasteiger partial charge is 0.378 e. The fraction of sp³-hybridized carbons (Fsp3) is 0.263. The Hall–Kier alpha value is -3.04. The van der Waals surface area contributed by atoms with Crippen LogP contribution in [0.15, 0.2) is 36.4 Å². The number of rotatable bonds is 4. The number of hydrogen-bond donors (Lipinski definition) is 1. The number of amides is 1. The van der Waals surface area contributed by atoms with Gasteiger partial charge in [0.1, 0.15) is 5.56 Å². The van der Waals surface area contributed by atoms with Crippen molar-refractivity contribution >= 4 is 44.0 Å². The van der Waals surface area contributed by atoms with Crippen LogP contribution in [-0.4, -0.2) is 42.1 Å². The van der Waals surface area contributed by atoms with Gasteiger partial charge in [0.05, 0.1) is 28.4 Å². The van der Waals surface area contributed by atoms with Crippen LogP contribution in [0.25, 0.3) is 10.2 Å². The molecule has 0 aliphatic carbocycles. The molecule has 0 spiro atoms. The van der Waals surface area contributed by atoms with Crippen LogP contribution < -0.4 is 10.2 Å². The fourth-order valence-corrected chi connectivity index (χ4v) is 4.22. The second-order valence-corrected chi connectivity index (χ2v) is 7.47. The van der Waals surface area contributed by atoms with Crippen LogP contribution >= 0.6 is 11.3 Å². The lowest BCUT2D eigenvalue weighted by atomic mass is 10.1. The number of carbonyl (C=O) groups is 1. The van der Waals surface area contributed by atoms with Gasteiger partial charge in [-0.05, 0) is 31.2 Å². The molecule has 1 N–H and O–H groups in total. The molecular formula is C19H18N4O4S. The summed E-state index contributed by atoms with van der Waals surface area (Å²) in [5.74, 6) is -0.507. The van der Waals surface area contributed by atoms with Gasteiger partial charge in [-0.1, -0.05) is 23.5 Å². The highest BCUT2D eigenvalue weighted by Crippen LogP contribution is 2.31. The first kappa shape index (κ1) is 18.3. The number of carbonyl (C=O) groups excluding carboxylic acids is 1. The van der Waals surface area contributed by atoms with Crippen molar-refractivity contribution in [1.29, 1.82) is 0 Å². The van der Waals surface area contributed by atoms with Gasteiger partial charge in [-0.25, -0.2) is 4.98 Å². The number of nitro benzene ring substituents is 1. The summed E-state index contributed by atoms with van der Waals surface area (Å²) < 4.78 is 6.32. The molecule has 0 radical (unpaired) electrons. The number of nitrogens with one attached hydrogen (secondary N) is 1. The topological polar surface area (TPSA) is 97.6 Å². The van der Waals surface area contributed by atoms with Gasteiger partial charge in [-0.15, -0.1) is 0 Å². The molecule has 0 unspecified atom stereocenters. The van der Waals surface area contributed by atoms with E-state index in [0.29, 0.717) is 24.5 Å². The molecule has 2 heterocycles. The number of aryl methyl sites for hydroxylation is 1. The number of aromatic nitrogens is 1. The molecule has 0 atom stereocenters. The summed E-state index contributed by atoms with van der Waals surface area (Å²) in [7, 11) is 0. The van der Waals surface area contributed by atoms with E-state index in [2.05, 4.69) is 15.2 Å². The summed E-state index contributed by atoms with van der Waals surface area (Å²) in [6, 6.07) is 10.2. The summed E-state index contributed by atoms with van der Waals surface area (Å²) in [5, 5.41) is 15.0. The number of ether oxygens (including phenoxy) is 1. The minimum atomic E-state index is -0.523. The van der Waals surface area contributed by atoms with Crippen LogP contribution in [0.4, 0.5) is 16.5 Å². The molecule has 28 heavy (non-hydrogen) atoms. The lowest BCUT2D eigenvalue weighted by Gasteiger charge is -2.25. The van der Waals surface area contributed by atoms with Crippen molar-refractivity contribution in [2.24, 2.45) is 0 Å². The van der Waals surface area contributed by atoms with Crippen LogP contribution in [0.1, 0.15) is 15.9 Å². The molecule has 1 aliphatic rings. The van der Waals surface area contributed by atoms with E-state index in [4.69, 9.17) is 4.74 Å². The average Bonchev–Trinajstić information content (AvgIpc) is 3.11. The maximum absolute atomic E-state index is 12.6. The zero-order valence-electron chi connectivity index (χ0n) is 15.2. The molecule has 2 aromatic carbocycles. The zero-order chi connectivity index (χ0) is 19.7. The molecular weight excluding hydrogens is 380 g/mol. The monoisotopic (exact) mass is 398 g/mol. The molecule has 1 aromatic heterocycles. The van der Waals surface area contributed by atoms with Crippen LogP contribution in [0, 0.1) is 17.0 Å². The zero-order valence-corrected chi connectivity index (χ0v) is 16.0. The van der Waals surface area contributed by atoms with Crippen LogP contribution in [0.5, 0.6) is 0 Å². The summed E-state index contributed by atoms with van der Waals surface area (Å²) >= 11 is 1.55. The molecule has 4 rings (SSSR count). The first-order chi connectivity index (χ1) is 13.5. The van der Waals surface area contributed by atoms with Crippen molar-refractivity contribution < 1.29 is 14.5 Å². The molecule has 0 bridgehead atoms. The van der Waals surface area contributed by atoms with Gasteiger partial charge in [0.25, 0.3) is 11.6 Å². The summed E-state index contributed by atoms with van der Waals surface area (Å²) in [6.07, 6.45) is 0. The maximum Gasteiger partial charge on any atom is 0.285 e. The summed E-state index contributed by atoms with van der Waals surface area (Å²) in [6.45, 7) is 4.60. The number of morpholine rings is 1. The third-order valence-electron chi connectivity index (χ3n) is 4.58. The van der Waals surface area contributed by atoms with Gasteiger partial charge < -0.3 is 15.0 Å². The van der Waals surface area contributed by atoms with E-state index in [1.54, 1.807) is 36.5 Å². The quantitative estimate of drug-likeness (QED) is 0.533. The highest BCUT2D eigenvalue weighted by Gasteiger charge is 2.22. The standard InChI is InChI=1S/C19H18N4O4S/c1-12-3-2-4-14(17(12)23(25)26)18(24)20-13-5-6-15-16(11-13)28-19(21-15)22-7-9-27-10-8-22/h2-6,11H,7-10H2,1H3,(H,20,24).